The van der Waals surface area contributed by atoms with Gasteiger partial charge in [-0.15, -0.1) is 12.4 Å². The van der Waals surface area contributed by atoms with E-state index >= 15 is 0 Å². The zero-order valence-corrected chi connectivity index (χ0v) is 19.7. The van der Waals surface area contributed by atoms with Crippen LogP contribution in [0, 0.1) is 11.6 Å². The van der Waals surface area contributed by atoms with Crippen molar-refractivity contribution >= 4 is 39.4 Å². The number of rotatable bonds is 5. The fourth-order valence-electron chi connectivity index (χ4n) is 3.95. The van der Waals surface area contributed by atoms with Gasteiger partial charge in [-0.3, -0.25) is 9.36 Å². The third kappa shape index (κ3) is 4.83. The first kappa shape index (κ1) is 23.5. The molecule has 1 fully saturated rings. The number of hydrogen-bond donors (Lipinski definition) is 1. The molecule has 1 saturated carbocycles. The van der Waals surface area contributed by atoms with Crippen molar-refractivity contribution in [3.63, 3.8) is 0 Å². The van der Waals surface area contributed by atoms with Crippen LogP contribution < -0.4 is 11.3 Å². The molecule has 2 heterocycles. The Labute approximate surface area is 203 Å². The van der Waals surface area contributed by atoms with Crippen molar-refractivity contribution in [3.05, 3.63) is 98.1 Å². The predicted octanol–water partition coefficient (Wildman–Crippen LogP) is 5.36. The molecule has 170 valence electrons. The van der Waals surface area contributed by atoms with E-state index in [9.17, 15) is 13.6 Å². The van der Waals surface area contributed by atoms with Gasteiger partial charge in [-0.05, 0) is 82.6 Å². The summed E-state index contributed by atoms with van der Waals surface area (Å²) in [5.41, 5.74) is 8.64. The van der Waals surface area contributed by atoms with Crippen LogP contribution in [0.4, 0.5) is 8.78 Å². The topological polar surface area (TPSA) is 73.8 Å². The first-order chi connectivity index (χ1) is 15.4. The fourth-order valence-corrected chi connectivity index (χ4v) is 4.28. The molecule has 33 heavy (non-hydrogen) atoms. The van der Waals surface area contributed by atoms with Gasteiger partial charge in [0.15, 0.2) is 5.65 Å². The van der Waals surface area contributed by atoms with Gasteiger partial charge in [0.1, 0.15) is 17.5 Å². The van der Waals surface area contributed by atoms with Crippen LogP contribution in [-0.2, 0) is 6.42 Å². The molecular formula is C24H20BrClF2N4O. The molecule has 1 aliphatic carbocycles. The molecule has 0 radical (unpaired) electrons. The summed E-state index contributed by atoms with van der Waals surface area (Å²) in [6, 6.07) is 11.9. The van der Waals surface area contributed by atoms with Gasteiger partial charge in [0, 0.05) is 16.7 Å². The van der Waals surface area contributed by atoms with Gasteiger partial charge in [0.05, 0.1) is 17.1 Å². The van der Waals surface area contributed by atoms with Crippen LogP contribution in [0.2, 0.25) is 0 Å². The SMILES string of the molecule is Cl.N[C@@H](Cc1cc(F)cc(F)c1)c1nc2ncc(Br)cc2c(=O)n1-c1ccc(C2CC2)cc1. The number of nitrogens with zero attached hydrogens (tertiary/aromatic N) is 3. The van der Waals surface area contributed by atoms with Crippen molar-refractivity contribution in [3.8, 4) is 5.69 Å². The second-order valence-corrected chi connectivity index (χ2v) is 9.01. The lowest BCUT2D eigenvalue weighted by atomic mass is 10.0. The Morgan fingerprint density at radius 1 is 1.09 bits per heavy atom. The number of nitrogens with two attached hydrogens (primary N) is 1. The molecule has 0 amide bonds. The van der Waals surface area contributed by atoms with E-state index in [1.165, 1.54) is 35.1 Å². The molecule has 2 N–H and O–H groups in total. The van der Waals surface area contributed by atoms with E-state index in [1.807, 2.05) is 24.3 Å². The summed E-state index contributed by atoms with van der Waals surface area (Å²) in [6.45, 7) is 0. The van der Waals surface area contributed by atoms with Crippen molar-refractivity contribution in [2.24, 2.45) is 5.73 Å². The number of aromatic nitrogens is 3. The number of halogens is 4. The van der Waals surface area contributed by atoms with Crippen molar-refractivity contribution in [2.75, 3.05) is 0 Å². The van der Waals surface area contributed by atoms with Gasteiger partial charge >= 0.3 is 0 Å². The number of fused-ring (bicyclic) bond motifs is 1. The molecule has 0 spiro atoms. The van der Waals surface area contributed by atoms with E-state index in [1.54, 1.807) is 12.3 Å². The summed E-state index contributed by atoms with van der Waals surface area (Å²) < 4.78 is 29.5. The summed E-state index contributed by atoms with van der Waals surface area (Å²) in [5, 5.41) is 0.346. The summed E-state index contributed by atoms with van der Waals surface area (Å²) in [4.78, 5) is 22.3. The third-order valence-electron chi connectivity index (χ3n) is 5.63. The number of pyridine rings is 1. The minimum atomic E-state index is -0.790. The lowest BCUT2D eigenvalue weighted by Gasteiger charge is -2.19. The highest BCUT2D eigenvalue weighted by molar-refractivity contribution is 9.10. The molecule has 0 unspecified atom stereocenters. The highest BCUT2D eigenvalue weighted by Gasteiger charge is 2.24. The minimum absolute atomic E-state index is 0. The minimum Gasteiger partial charge on any atom is -0.321 e. The van der Waals surface area contributed by atoms with Gasteiger partial charge in [0.2, 0.25) is 0 Å². The Bertz CT molecular complexity index is 1370. The molecule has 4 aromatic rings. The van der Waals surface area contributed by atoms with E-state index in [4.69, 9.17) is 5.73 Å². The van der Waals surface area contributed by atoms with Crippen LogP contribution >= 0.6 is 28.3 Å². The molecule has 2 aromatic carbocycles. The second kappa shape index (κ2) is 9.29. The van der Waals surface area contributed by atoms with Gasteiger partial charge in [-0.2, -0.15) is 0 Å². The van der Waals surface area contributed by atoms with E-state index in [0.717, 1.165) is 6.07 Å². The largest absolute Gasteiger partial charge is 0.321 e. The fraction of sp³-hybridized carbons (Fsp3) is 0.208. The van der Waals surface area contributed by atoms with Crippen molar-refractivity contribution in [1.29, 1.82) is 0 Å². The quantitative estimate of drug-likeness (QED) is 0.375. The number of benzene rings is 2. The third-order valence-corrected chi connectivity index (χ3v) is 6.06. The maximum atomic E-state index is 13.7. The van der Waals surface area contributed by atoms with Gasteiger partial charge in [0.25, 0.3) is 5.56 Å². The Balaban J connectivity index is 0.00000259. The highest BCUT2D eigenvalue weighted by atomic mass is 79.9. The van der Waals surface area contributed by atoms with Crippen LogP contribution in [0.15, 0.2) is 64.0 Å². The van der Waals surface area contributed by atoms with E-state index in [0.29, 0.717) is 27.0 Å². The van der Waals surface area contributed by atoms with Crippen molar-refractivity contribution in [2.45, 2.75) is 31.2 Å². The molecule has 0 saturated heterocycles. The molecule has 5 nitrogen and oxygen atoms in total. The van der Waals surface area contributed by atoms with Gasteiger partial charge in [-0.1, -0.05) is 12.1 Å². The average Bonchev–Trinajstić information content (AvgIpc) is 3.59. The molecule has 0 bridgehead atoms. The Morgan fingerprint density at radius 3 is 2.39 bits per heavy atom. The molecule has 2 aromatic heterocycles. The second-order valence-electron chi connectivity index (χ2n) is 8.09. The van der Waals surface area contributed by atoms with Crippen molar-refractivity contribution < 1.29 is 8.78 Å². The predicted molar refractivity (Wildman–Crippen MR) is 129 cm³/mol. The van der Waals surface area contributed by atoms with E-state index in [2.05, 4.69) is 25.9 Å². The first-order valence-electron chi connectivity index (χ1n) is 10.3. The maximum absolute atomic E-state index is 13.7. The summed E-state index contributed by atoms with van der Waals surface area (Å²) in [6.07, 6.45) is 4.01. The first-order valence-corrected chi connectivity index (χ1v) is 11.1. The zero-order chi connectivity index (χ0) is 22.4. The molecule has 0 aliphatic heterocycles. The standard InChI is InChI=1S/C24H19BrF2N4O.ClH/c25-16-10-20-22(29-12-16)30-23(21(28)9-13-7-17(26)11-18(27)8-13)31(24(20)32)19-5-3-15(4-6-19)14-1-2-14;/h3-8,10-12,14,21H,1-2,9,28H2;1H/t21-;/m0./s1. The van der Waals surface area contributed by atoms with Crippen LogP contribution in [0.3, 0.4) is 0 Å². The van der Waals surface area contributed by atoms with Crippen LogP contribution in [-0.4, -0.2) is 14.5 Å². The lowest BCUT2D eigenvalue weighted by molar-refractivity contribution is 0.572. The Hall–Kier alpha value is -2.68. The zero-order valence-electron chi connectivity index (χ0n) is 17.3. The molecule has 9 heteroatoms. The normalized spacial score (nSPS) is 14.2. The van der Waals surface area contributed by atoms with E-state index in [-0.39, 0.29) is 35.9 Å². The maximum Gasteiger partial charge on any atom is 0.267 e. The Morgan fingerprint density at radius 2 is 1.76 bits per heavy atom. The molecular weight excluding hydrogens is 514 g/mol. The van der Waals surface area contributed by atoms with Gasteiger partial charge < -0.3 is 5.73 Å². The monoisotopic (exact) mass is 532 g/mol. The Kier molecular flexibility index (Phi) is 6.61. The summed E-state index contributed by atoms with van der Waals surface area (Å²) in [7, 11) is 0. The summed E-state index contributed by atoms with van der Waals surface area (Å²) >= 11 is 3.35. The highest BCUT2D eigenvalue weighted by Crippen LogP contribution is 2.40. The van der Waals surface area contributed by atoms with Crippen LogP contribution in [0.25, 0.3) is 16.7 Å². The smallest absolute Gasteiger partial charge is 0.267 e. The summed E-state index contributed by atoms with van der Waals surface area (Å²) in [5.74, 6) is -0.502. The molecule has 1 aliphatic rings. The van der Waals surface area contributed by atoms with Crippen LogP contribution in [0.1, 0.15) is 41.8 Å². The number of hydrogen-bond acceptors (Lipinski definition) is 4. The van der Waals surface area contributed by atoms with Gasteiger partial charge in [-0.25, -0.2) is 18.7 Å². The molecule has 5 rings (SSSR count). The van der Waals surface area contributed by atoms with E-state index < -0.39 is 17.7 Å². The molecule has 1 atom stereocenters. The lowest BCUT2D eigenvalue weighted by Crippen LogP contribution is -2.29. The van der Waals surface area contributed by atoms with Crippen LogP contribution in [0.5, 0.6) is 0 Å². The van der Waals surface area contributed by atoms with Crippen molar-refractivity contribution in [1.82, 2.24) is 14.5 Å². The average molecular weight is 534 g/mol.